The first kappa shape index (κ1) is 9.21. The summed E-state index contributed by atoms with van der Waals surface area (Å²) in [6, 6.07) is 2.01. The van der Waals surface area contributed by atoms with E-state index in [0.29, 0.717) is 0 Å². The summed E-state index contributed by atoms with van der Waals surface area (Å²) < 4.78 is 9.97. The third-order valence-corrected chi connectivity index (χ3v) is 3.53. The van der Waals surface area contributed by atoms with E-state index in [4.69, 9.17) is 4.42 Å². The fourth-order valence-electron chi connectivity index (χ4n) is 2.66. The Morgan fingerprint density at radius 2 is 2.16 bits per heavy atom. The molecule has 0 radical (unpaired) electrons. The highest BCUT2D eigenvalue weighted by molar-refractivity contribution is 5.71. The van der Waals surface area contributed by atoms with Crippen molar-refractivity contribution >= 4 is 17.0 Å². The Morgan fingerprint density at radius 1 is 1.21 bits per heavy atom. The molecule has 4 aromatic rings. The van der Waals surface area contributed by atoms with E-state index in [0.717, 1.165) is 35.0 Å². The molecule has 0 unspecified atom stereocenters. The number of aromatic nitrogens is 5. The Kier molecular flexibility index (Phi) is 1.44. The van der Waals surface area contributed by atoms with E-state index in [-0.39, 0.29) is 0 Å². The Hall–Kier alpha value is -2.76. The molecule has 0 amide bonds. The average Bonchev–Trinajstić information content (AvgIpc) is 3.07. The summed E-state index contributed by atoms with van der Waals surface area (Å²) >= 11 is 0. The van der Waals surface area contributed by atoms with Gasteiger partial charge in [0.05, 0.1) is 11.8 Å². The predicted octanol–water partition coefficient (Wildman–Crippen LogP) is 1.19. The van der Waals surface area contributed by atoms with Gasteiger partial charge in [0, 0.05) is 30.4 Å². The van der Waals surface area contributed by atoms with Crippen LogP contribution >= 0.6 is 0 Å². The van der Waals surface area contributed by atoms with Gasteiger partial charge >= 0.3 is 17.3 Å². The van der Waals surface area contributed by atoms with Gasteiger partial charge in [-0.05, 0) is 11.1 Å². The maximum Gasteiger partial charge on any atom is 0.390 e. The van der Waals surface area contributed by atoms with Crippen molar-refractivity contribution in [2.75, 3.05) is 0 Å². The monoisotopic (exact) mass is 250 g/mol. The smallest absolute Gasteiger partial charge is 0.390 e. The predicted molar refractivity (Wildman–Crippen MR) is 65.3 cm³/mol. The van der Waals surface area contributed by atoms with E-state index >= 15 is 0 Å². The number of pyridine rings is 1. The van der Waals surface area contributed by atoms with Crippen LogP contribution in [0.15, 0.2) is 41.5 Å². The van der Waals surface area contributed by atoms with Crippen LogP contribution in [0.1, 0.15) is 5.56 Å². The lowest BCUT2D eigenvalue weighted by Crippen LogP contribution is -2.30. The van der Waals surface area contributed by atoms with Crippen molar-refractivity contribution < 1.29 is 8.98 Å². The molecule has 19 heavy (non-hydrogen) atoms. The van der Waals surface area contributed by atoms with Crippen LogP contribution < -0.4 is 4.57 Å². The molecule has 6 heteroatoms. The van der Waals surface area contributed by atoms with Crippen LogP contribution in [-0.4, -0.2) is 19.4 Å². The molecule has 0 N–H and O–H groups in total. The van der Waals surface area contributed by atoms with E-state index in [1.54, 1.807) is 18.6 Å². The maximum absolute atomic E-state index is 5.99. The second-order valence-electron chi connectivity index (χ2n) is 4.57. The minimum Gasteiger partial charge on any atom is -0.396 e. The second kappa shape index (κ2) is 2.97. The largest absolute Gasteiger partial charge is 0.396 e. The molecule has 0 spiro atoms. The minimum atomic E-state index is 0.752. The van der Waals surface area contributed by atoms with E-state index in [1.807, 2.05) is 22.9 Å². The van der Waals surface area contributed by atoms with Gasteiger partial charge in [0.2, 0.25) is 0 Å². The molecule has 90 valence electrons. The van der Waals surface area contributed by atoms with Gasteiger partial charge in [-0.25, -0.2) is 4.40 Å². The van der Waals surface area contributed by atoms with Gasteiger partial charge in [-0.1, -0.05) is 0 Å². The Balaban J connectivity index is 1.93. The zero-order valence-electron chi connectivity index (χ0n) is 9.82. The molecule has 0 saturated heterocycles. The lowest BCUT2D eigenvalue weighted by atomic mass is 10.2. The van der Waals surface area contributed by atoms with Gasteiger partial charge < -0.3 is 4.42 Å². The van der Waals surface area contributed by atoms with Crippen molar-refractivity contribution in [3.05, 3.63) is 42.6 Å². The van der Waals surface area contributed by atoms with Crippen LogP contribution in [0.2, 0.25) is 0 Å². The third kappa shape index (κ3) is 1.02. The molecule has 0 aromatic carbocycles. The molecular weight excluding hydrogens is 242 g/mol. The number of fused-ring (bicyclic) bond motifs is 7. The molecule has 6 nitrogen and oxygen atoms in total. The van der Waals surface area contributed by atoms with E-state index in [2.05, 4.69) is 19.5 Å². The normalized spacial score (nSPS) is 13.1. The van der Waals surface area contributed by atoms with Gasteiger partial charge in [0.1, 0.15) is 6.54 Å². The van der Waals surface area contributed by atoms with Crippen molar-refractivity contribution in [1.82, 2.24) is 19.4 Å². The standard InChI is InChI=1S/C13H8N5O/c1-2-14-5-9-8(1)7-18-11-13(19-12(9)18)17-4-3-15-6-10(17)16-11/h1-6H,7H2/q+1. The molecule has 5 heterocycles. The molecule has 5 rings (SSSR count). The van der Waals surface area contributed by atoms with Gasteiger partial charge in [-0.2, -0.15) is 4.57 Å². The number of oxazole rings is 1. The summed E-state index contributed by atoms with van der Waals surface area (Å²) in [5, 5.41) is 0. The average molecular weight is 250 g/mol. The van der Waals surface area contributed by atoms with Crippen molar-refractivity contribution in [3.63, 3.8) is 0 Å². The van der Waals surface area contributed by atoms with Crippen molar-refractivity contribution in [1.29, 1.82) is 0 Å². The van der Waals surface area contributed by atoms with Crippen LogP contribution in [0.25, 0.3) is 28.5 Å². The molecule has 0 fully saturated rings. The minimum absolute atomic E-state index is 0.752. The Morgan fingerprint density at radius 3 is 3.16 bits per heavy atom. The van der Waals surface area contributed by atoms with E-state index < -0.39 is 0 Å². The molecule has 0 saturated carbocycles. The first-order chi connectivity index (χ1) is 9.42. The number of hydrogen-bond acceptors (Lipinski definition) is 4. The lowest BCUT2D eigenvalue weighted by molar-refractivity contribution is -0.651. The highest BCUT2D eigenvalue weighted by Gasteiger charge is 2.34. The summed E-state index contributed by atoms with van der Waals surface area (Å²) in [5.74, 6) is 0.826. The topological polar surface area (TPSA) is 60.1 Å². The molecule has 0 atom stereocenters. The Labute approximate surface area is 107 Å². The molecule has 0 aliphatic carbocycles. The first-order valence-corrected chi connectivity index (χ1v) is 5.99. The highest BCUT2D eigenvalue weighted by Crippen LogP contribution is 2.30. The number of nitrogens with zero attached hydrogens (tertiary/aromatic N) is 5. The first-order valence-electron chi connectivity index (χ1n) is 5.99. The number of hydrogen-bond donors (Lipinski definition) is 0. The molecule has 1 aliphatic heterocycles. The van der Waals surface area contributed by atoms with Crippen LogP contribution in [0.5, 0.6) is 0 Å². The quantitative estimate of drug-likeness (QED) is 0.387. The fraction of sp³-hybridized carbons (Fsp3) is 0.0769. The van der Waals surface area contributed by atoms with Gasteiger partial charge in [-0.3, -0.25) is 9.97 Å². The number of imidazole rings is 1. The SMILES string of the molecule is c1cc2c(cn1)-c1oc3c(nc4cnccn43)[n+]1C2. The van der Waals surface area contributed by atoms with Crippen molar-refractivity contribution in [2.45, 2.75) is 6.54 Å². The molecular formula is C13H8N5O+. The summed E-state index contributed by atoms with van der Waals surface area (Å²) in [6.07, 6.45) is 8.95. The van der Waals surface area contributed by atoms with Crippen molar-refractivity contribution in [2.24, 2.45) is 0 Å². The second-order valence-corrected chi connectivity index (χ2v) is 4.57. The fourth-order valence-corrected chi connectivity index (χ4v) is 2.66. The van der Waals surface area contributed by atoms with Gasteiger partial charge in [0.15, 0.2) is 0 Å². The highest BCUT2D eigenvalue weighted by atomic mass is 16.4. The summed E-state index contributed by atoms with van der Waals surface area (Å²) in [4.78, 5) is 12.8. The zero-order valence-corrected chi connectivity index (χ0v) is 9.82. The van der Waals surface area contributed by atoms with Gasteiger partial charge in [-0.15, -0.1) is 0 Å². The van der Waals surface area contributed by atoms with E-state index in [9.17, 15) is 0 Å². The molecule has 0 bridgehead atoms. The molecule has 1 aliphatic rings. The maximum atomic E-state index is 5.99. The summed E-state index contributed by atoms with van der Waals surface area (Å²) in [6.45, 7) is 0.775. The van der Waals surface area contributed by atoms with Crippen LogP contribution in [0.4, 0.5) is 0 Å². The van der Waals surface area contributed by atoms with E-state index in [1.165, 1.54) is 5.56 Å². The Bertz CT molecular complexity index is 952. The number of rotatable bonds is 0. The summed E-state index contributed by atoms with van der Waals surface area (Å²) in [5.41, 5.74) is 4.65. The van der Waals surface area contributed by atoms with Crippen LogP contribution in [0, 0.1) is 0 Å². The third-order valence-electron chi connectivity index (χ3n) is 3.53. The van der Waals surface area contributed by atoms with Crippen LogP contribution in [-0.2, 0) is 6.54 Å². The van der Waals surface area contributed by atoms with Crippen molar-refractivity contribution in [3.8, 4) is 11.5 Å². The molecule has 4 aromatic heterocycles. The summed E-state index contributed by atoms with van der Waals surface area (Å²) in [7, 11) is 0. The lowest BCUT2D eigenvalue weighted by Gasteiger charge is -1.91. The van der Waals surface area contributed by atoms with Gasteiger partial charge in [0.25, 0.3) is 5.65 Å². The zero-order chi connectivity index (χ0) is 12.4. The van der Waals surface area contributed by atoms with Crippen LogP contribution in [0.3, 0.4) is 0 Å².